The molecule has 0 saturated carbocycles. The monoisotopic (exact) mass is 947 g/mol. The molecule has 0 unspecified atom stereocenters. The van der Waals surface area contributed by atoms with E-state index >= 15 is 9.59 Å². The minimum atomic E-state index is -1.49. The summed E-state index contributed by atoms with van der Waals surface area (Å²) in [5.41, 5.74) is -4.02. The minimum Gasteiger partial charge on any atom is -0.325 e. The van der Waals surface area contributed by atoms with Gasteiger partial charge < -0.3 is 48.5 Å². The second kappa shape index (κ2) is 14.1. The third kappa shape index (κ3) is 6.58. The van der Waals surface area contributed by atoms with Crippen LogP contribution in [-0.2, 0) is 47.5 Å². The molecule has 68 heavy (non-hydrogen) atoms. The number of ether oxygens (including phenoxy) is 8. The summed E-state index contributed by atoms with van der Waals surface area (Å²) in [5, 5.41) is 8.08. The van der Waals surface area contributed by atoms with E-state index in [1.165, 1.54) is 0 Å². The van der Waals surface area contributed by atoms with Gasteiger partial charge in [0.1, 0.15) is 11.8 Å². The highest BCUT2D eigenvalue weighted by Gasteiger charge is 2.88. The molecule has 8 aliphatic heterocycles. The summed E-state index contributed by atoms with van der Waals surface area (Å²) >= 11 is 0. The second-order valence-corrected chi connectivity index (χ2v) is 29.4. The van der Waals surface area contributed by atoms with Crippen LogP contribution >= 0.6 is 0 Å². The van der Waals surface area contributed by atoms with Crippen LogP contribution in [0.15, 0.2) is 36.4 Å². The summed E-state index contributed by atoms with van der Waals surface area (Å²) in [7, 11) is 0. The molecule has 0 atom stereocenters. The molecule has 2 aromatic carbocycles. The Hall–Kier alpha value is -2.68. The van der Waals surface area contributed by atoms with Gasteiger partial charge in [-0.2, -0.15) is 0 Å². The normalized spacial score (nSPS) is 38.6. The first kappa shape index (κ1) is 51.7. The van der Waals surface area contributed by atoms with Crippen molar-refractivity contribution in [2.24, 2.45) is 55.2 Å². The van der Waals surface area contributed by atoms with Gasteiger partial charge in [-0.05, 0) is 12.1 Å². The molecule has 8 aliphatic rings. The maximum absolute atomic E-state index is 15.7. The van der Waals surface area contributed by atoms with Crippen LogP contribution in [0, 0.1) is 55.2 Å². The lowest BCUT2D eigenvalue weighted by Gasteiger charge is -2.78. The number of nitrogens with one attached hydrogen (secondary N) is 2. The van der Waals surface area contributed by atoms with Crippen LogP contribution in [0.25, 0.3) is 10.8 Å². The Labute approximate surface area is 407 Å². The number of fused-ring (bicyclic) bond motifs is 1. The van der Waals surface area contributed by atoms with Gasteiger partial charge in [0.25, 0.3) is 0 Å². The standard InChI is InChI=1S/C56H86N2O10/c1-41(2,3)49-31-50(42(4,5)6)63-53(61-49,45(13,14)15)37(54(62-49,64-50)46(16,17)18)39(59)57-35-29-25-28-34-33(35)27-26-30-36(34)58-40(60)38-55(47(19,20)21)65-51(43(7,8)9)32-52(67-55,44(10,11)12)68-56(38,66-51)48(22,23)24/h25-30,37-38H,31-32H2,1-24H3,(H,57,59)(H,58,60). The molecule has 380 valence electrons. The Morgan fingerprint density at radius 3 is 0.750 bits per heavy atom. The van der Waals surface area contributed by atoms with Gasteiger partial charge >= 0.3 is 0 Å². The van der Waals surface area contributed by atoms with Crippen LogP contribution in [0.3, 0.4) is 0 Å². The van der Waals surface area contributed by atoms with E-state index in [0.29, 0.717) is 35.0 Å². The van der Waals surface area contributed by atoms with E-state index in [9.17, 15) is 0 Å². The average Bonchev–Trinajstić information content (AvgIpc) is 3.11. The number of amides is 2. The molecule has 2 N–H and O–H groups in total. The number of anilines is 2. The third-order valence-corrected chi connectivity index (χ3v) is 16.7. The molecule has 2 aromatic rings. The van der Waals surface area contributed by atoms with Gasteiger partial charge in [0, 0.05) is 65.5 Å². The highest BCUT2D eigenvalue weighted by atomic mass is 17.0. The molecule has 0 aliphatic carbocycles. The van der Waals surface area contributed by atoms with Crippen molar-refractivity contribution in [1.82, 2.24) is 0 Å². The van der Waals surface area contributed by atoms with Gasteiger partial charge in [0.2, 0.25) is 11.8 Å². The second-order valence-electron chi connectivity index (χ2n) is 29.4. The minimum absolute atomic E-state index is 0.328. The molecule has 8 saturated heterocycles. The molecular formula is C56H86N2O10. The van der Waals surface area contributed by atoms with Crippen molar-refractivity contribution >= 4 is 34.0 Å². The van der Waals surface area contributed by atoms with E-state index in [0.717, 1.165) is 0 Å². The van der Waals surface area contributed by atoms with Gasteiger partial charge in [0.15, 0.2) is 46.3 Å². The molecule has 12 heteroatoms. The van der Waals surface area contributed by atoms with E-state index in [2.05, 4.69) is 177 Å². The first-order valence-electron chi connectivity index (χ1n) is 25.1. The highest BCUT2D eigenvalue weighted by molar-refractivity contribution is 6.10. The summed E-state index contributed by atoms with van der Waals surface area (Å²) < 4.78 is 58.6. The van der Waals surface area contributed by atoms with Crippen LogP contribution < -0.4 is 10.6 Å². The van der Waals surface area contributed by atoms with Crippen molar-refractivity contribution in [3.8, 4) is 0 Å². The van der Waals surface area contributed by atoms with Crippen LogP contribution in [0.1, 0.15) is 179 Å². The number of hydrogen-bond acceptors (Lipinski definition) is 10. The molecular weight excluding hydrogens is 861 g/mol. The summed E-state index contributed by atoms with van der Waals surface area (Å²) in [6.45, 7) is 50.1. The Morgan fingerprint density at radius 2 is 0.574 bits per heavy atom. The highest BCUT2D eigenvalue weighted by Crippen LogP contribution is 2.75. The predicted octanol–water partition coefficient (Wildman–Crippen LogP) is 12.9. The van der Waals surface area contributed by atoms with Crippen LogP contribution in [0.5, 0.6) is 0 Å². The zero-order valence-electron chi connectivity index (χ0n) is 46.1. The topological polar surface area (TPSA) is 132 Å². The van der Waals surface area contributed by atoms with Crippen LogP contribution in [0.2, 0.25) is 0 Å². The fourth-order valence-corrected chi connectivity index (χ4v) is 11.9. The Kier molecular flexibility index (Phi) is 10.7. The van der Waals surface area contributed by atoms with Crippen molar-refractivity contribution < 1.29 is 47.5 Å². The largest absolute Gasteiger partial charge is 0.325 e. The van der Waals surface area contributed by atoms with Gasteiger partial charge in [0.05, 0.1) is 12.8 Å². The van der Waals surface area contributed by atoms with Gasteiger partial charge in [-0.25, -0.2) is 0 Å². The number of hydrogen-bond donors (Lipinski definition) is 2. The van der Waals surface area contributed by atoms with E-state index in [1.807, 2.05) is 36.4 Å². The summed E-state index contributed by atoms with van der Waals surface area (Å²) in [4.78, 5) is 31.3. The van der Waals surface area contributed by atoms with Crippen LogP contribution in [0.4, 0.5) is 11.4 Å². The van der Waals surface area contributed by atoms with Crippen molar-refractivity contribution in [2.45, 2.75) is 225 Å². The lowest BCUT2D eigenvalue weighted by Crippen LogP contribution is -2.90. The molecule has 0 radical (unpaired) electrons. The smallest absolute Gasteiger partial charge is 0.238 e. The maximum Gasteiger partial charge on any atom is 0.238 e. The molecule has 10 rings (SSSR count). The number of carbonyl (C=O) groups excluding carboxylic acids is 2. The summed E-state index contributed by atoms with van der Waals surface area (Å²) in [5.74, 6) is -13.5. The number of benzene rings is 2. The lowest BCUT2D eigenvalue weighted by atomic mass is 9.59. The van der Waals surface area contributed by atoms with Crippen molar-refractivity contribution in [1.29, 1.82) is 0 Å². The van der Waals surface area contributed by atoms with Crippen molar-refractivity contribution in [2.75, 3.05) is 10.6 Å². The Morgan fingerprint density at radius 1 is 0.368 bits per heavy atom. The molecule has 8 bridgehead atoms. The zero-order chi connectivity index (χ0) is 51.3. The molecule has 8 heterocycles. The van der Waals surface area contributed by atoms with Crippen molar-refractivity contribution in [3.63, 3.8) is 0 Å². The lowest BCUT2D eigenvalue weighted by molar-refractivity contribution is -0.670. The van der Waals surface area contributed by atoms with E-state index < -0.39 is 101 Å². The average molecular weight is 947 g/mol. The fraction of sp³-hybridized carbons (Fsp3) is 0.786. The first-order valence-corrected chi connectivity index (χ1v) is 25.1. The Balaban J connectivity index is 1.22. The van der Waals surface area contributed by atoms with Crippen molar-refractivity contribution in [3.05, 3.63) is 36.4 Å². The number of rotatable bonds is 4. The molecule has 8 fully saturated rings. The molecule has 0 spiro atoms. The maximum atomic E-state index is 15.7. The van der Waals surface area contributed by atoms with Gasteiger partial charge in [-0.15, -0.1) is 0 Å². The van der Waals surface area contributed by atoms with E-state index in [1.54, 1.807) is 0 Å². The SMILES string of the molecule is CC(C)(C)C12CC3(C(C)(C)C)OC(C(C)(C)C)(O1)C(C(=O)Nc1cccc4c(NC(=O)C5C6(C(C)(C)C)OC7(C(C)(C)C)CC(C(C)(C)C)(O6)OC5(C(C)(C)C)O7)cccc14)C(C(C)(C)C)(O2)O3. The fourth-order valence-electron chi connectivity index (χ4n) is 11.9. The molecule has 0 aromatic heterocycles. The quantitative estimate of drug-likeness (QED) is 0.305. The molecule has 12 nitrogen and oxygen atoms in total. The molecule has 2 amide bonds. The summed E-state index contributed by atoms with van der Waals surface area (Å²) in [6.07, 6.45) is 0.656. The zero-order valence-corrected chi connectivity index (χ0v) is 46.1. The van der Waals surface area contributed by atoms with Gasteiger partial charge in [-0.1, -0.05) is 190 Å². The van der Waals surface area contributed by atoms with Gasteiger partial charge in [-0.3, -0.25) is 9.59 Å². The van der Waals surface area contributed by atoms with E-state index in [-0.39, 0.29) is 11.8 Å². The third-order valence-electron chi connectivity index (χ3n) is 16.7. The Bertz CT molecular complexity index is 2100. The van der Waals surface area contributed by atoms with E-state index in [4.69, 9.17) is 37.9 Å². The first-order chi connectivity index (χ1) is 30.3. The number of carbonyl (C=O) groups is 2. The summed E-state index contributed by atoms with van der Waals surface area (Å²) in [6, 6.07) is 11.4. The van der Waals surface area contributed by atoms with Crippen LogP contribution in [-0.4, -0.2) is 58.1 Å². The predicted molar refractivity (Wildman–Crippen MR) is 264 cm³/mol.